The second kappa shape index (κ2) is 4.97. The molecule has 2 aromatic heterocycles. The first kappa shape index (κ1) is 13.2. The molecule has 3 aromatic rings. The van der Waals surface area contributed by atoms with Gasteiger partial charge >= 0.3 is 5.97 Å². The van der Waals surface area contributed by atoms with E-state index in [0.717, 1.165) is 0 Å². The zero-order valence-corrected chi connectivity index (χ0v) is 12.0. The van der Waals surface area contributed by atoms with Crippen LogP contribution >= 0.6 is 34.5 Å². The van der Waals surface area contributed by atoms with Crippen LogP contribution in [0.15, 0.2) is 29.8 Å². The Hall–Kier alpha value is -1.76. The summed E-state index contributed by atoms with van der Waals surface area (Å²) in [5.74, 6) is -0.839. The molecule has 0 spiro atoms. The monoisotopic (exact) mass is 328 g/mol. The van der Waals surface area contributed by atoms with E-state index in [2.05, 4.69) is 4.98 Å². The minimum Gasteiger partial charge on any atom is -0.476 e. The third kappa shape index (κ3) is 2.22. The molecule has 8 heteroatoms. The number of benzene rings is 1. The summed E-state index contributed by atoms with van der Waals surface area (Å²) in [7, 11) is 0. The Morgan fingerprint density at radius 2 is 2.20 bits per heavy atom. The zero-order chi connectivity index (χ0) is 14.3. The van der Waals surface area contributed by atoms with Crippen molar-refractivity contribution < 1.29 is 14.6 Å². The van der Waals surface area contributed by atoms with Gasteiger partial charge in [-0.15, -0.1) is 11.3 Å². The molecule has 0 bridgehead atoms. The number of fused-ring (bicyclic) bond motifs is 1. The van der Waals surface area contributed by atoms with E-state index in [1.165, 1.54) is 21.8 Å². The van der Waals surface area contributed by atoms with E-state index < -0.39 is 5.97 Å². The van der Waals surface area contributed by atoms with Crippen LogP contribution in [0.25, 0.3) is 4.96 Å². The van der Waals surface area contributed by atoms with Gasteiger partial charge in [0.1, 0.15) is 5.75 Å². The van der Waals surface area contributed by atoms with Crippen molar-refractivity contribution in [3.05, 3.63) is 45.5 Å². The lowest BCUT2D eigenvalue weighted by atomic mass is 10.3. The van der Waals surface area contributed by atoms with Gasteiger partial charge in [-0.3, -0.25) is 4.40 Å². The molecule has 2 heterocycles. The predicted octanol–water partition coefficient (Wildman–Crippen LogP) is 4.19. The van der Waals surface area contributed by atoms with Gasteiger partial charge in [0.15, 0.2) is 10.7 Å². The topological polar surface area (TPSA) is 63.8 Å². The third-order valence-corrected chi connectivity index (χ3v) is 3.82. The predicted molar refractivity (Wildman–Crippen MR) is 76.6 cm³/mol. The average molecular weight is 329 g/mol. The Labute approximate surface area is 127 Å². The molecule has 0 amide bonds. The van der Waals surface area contributed by atoms with Crippen LogP contribution in [0.3, 0.4) is 0 Å². The van der Waals surface area contributed by atoms with Crippen molar-refractivity contribution in [3.63, 3.8) is 0 Å². The molecule has 5 nitrogen and oxygen atoms in total. The highest BCUT2D eigenvalue weighted by molar-refractivity contribution is 7.15. The molecule has 102 valence electrons. The number of hydrogen-bond acceptors (Lipinski definition) is 4. The number of hydrogen-bond donors (Lipinski definition) is 1. The van der Waals surface area contributed by atoms with Crippen LogP contribution in [0.4, 0.5) is 0 Å². The largest absolute Gasteiger partial charge is 0.476 e. The van der Waals surface area contributed by atoms with Crippen molar-refractivity contribution in [1.82, 2.24) is 9.38 Å². The minimum absolute atomic E-state index is 0.00595. The summed E-state index contributed by atoms with van der Waals surface area (Å²) >= 11 is 13.1. The summed E-state index contributed by atoms with van der Waals surface area (Å²) in [6, 6.07) is 4.67. The lowest BCUT2D eigenvalue weighted by molar-refractivity contribution is 0.0686. The van der Waals surface area contributed by atoms with E-state index in [0.29, 0.717) is 15.7 Å². The van der Waals surface area contributed by atoms with E-state index in [1.54, 1.807) is 23.7 Å². The summed E-state index contributed by atoms with van der Waals surface area (Å²) < 4.78 is 6.95. The number of nitrogens with zero attached hydrogens (tertiary/aromatic N) is 2. The van der Waals surface area contributed by atoms with E-state index in [4.69, 9.17) is 27.9 Å². The van der Waals surface area contributed by atoms with Crippen molar-refractivity contribution in [3.8, 4) is 11.6 Å². The fourth-order valence-electron chi connectivity index (χ4n) is 1.69. The second-order valence-corrected chi connectivity index (χ2v) is 5.52. The first-order valence-electron chi connectivity index (χ1n) is 5.38. The number of rotatable bonds is 3. The Kier molecular flexibility index (Phi) is 3.29. The SMILES string of the molecule is O=C(O)c1c(Oc2ccc(Cl)cc2Cl)nc2sccn12. The minimum atomic E-state index is -1.13. The summed E-state index contributed by atoms with van der Waals surface area (Å²) in [6.07, 6.45) is 1.62. The highest BCUT2D eigenvalue weighted by Crippen LogP contribution is 2.33. The summed E-state index contributed by atoms with van der Waals surface area (Å²) in [4.78, 5) is 16.0. The number of imidazole rings is 1. The third-order valence-electron chi connectivity index (χ3n) is 2.53. The highest BCUT2D eigenvalue weighted by atomic mass is 35.5. The van der Waals surface area contributed by atoms with Crippen molar-refractivity contribution >= 4 is 45.5 Å². The molecule has 1 aromatic carbocycles. The zero-order valence-electron chi connectivity index (χ0n) is 9.71. The number of aromatic nitrogens is 2. The van der Waals surface area contributed by atoms with E-state index in [1.807, 2.05) is 0 Å². The molecule has 0 aliphatic rings. The molecule has 0 aliphatic heterocycles. The van der Waals surface area contributed by atoms with Crippen molar-refractivity contribution in [2.24, 2.45) is 0 Å². The van der Waals surface area contributed by atoms with Gasteiger partial charge in [0, 0.05) is 16.6 Å². The summed E-state index contributed by atoms with van der Waals surface area (Å²) in [5.41, 5.74) is -0.0488. The number of carbonyl (C=O) groups is 1. The fraction of sp³-hybridized carbons (Fsp3) is 0. The van der Waals surface area contributed by atoms with Gasteiger partial charge in [-0.2, -0.15) is 4.98 Å². The fourth-order valence-corrected chi connectivity index (χ4v) is 2.85. The van der Waals surface area contributed by atoms with Crippen molar-refractivity contribution in [2.75, 3.05) is 0 Å². The molecular weight excluding hydrogens is 323 g/mol. The maximum Gasteiger partial charge on any atom is 0.358 e. The molecule has 0 atom stereocenters. The number of ether oxygens (including phenoxy) is 1. The van der Waals surface area contributed by atoms with Crippen LogP contribution in [-0.2, 0) is 0 Å². The van der Waals surface area contributed by atoms with Gasteiger partial charge in [-0.05, 0) is 18.2 Å². The van der Waals surface area contributed by atoms with Gasteiger partial charge < -0.3 is 9.84 Å². The summed E-state index contributed by atoms with van der Waals surface area (Å²) in [5, 5.41) is 11.8. The van der Waals surface area contributed by atoms with Gasteiger partial charge in [-0.1, -0.05) is 23.2 Å². The van der Waals surface area contributed by atoms with Crippen LogP contribution in [0, 0.1) is 0 Å². The molecule has 0 saturated carbocycles. The number of carboxylic acid groups (broad SMARTS) is 1. The number of halogens is 2. The highest BCUT2D eigenvalue weighted by Gasteiger charge is 2.22. The second-order valence-electron chi connectivity index (χ2n) is 3.80. The average Bonchev–Trinajstić information content (AvgIpc) is 2.91. The molecule has 0 fully saturated rings. The molecule has 0 saturated heterocycles. The number of aromatic carboxylic acids is 1. The molecule has 20 heavy (non-hydrogen) atoms. The van der Waals surface area contributed by atoms with E-state index >= 15 is 0 Å². The van der Waals surface area contributed by atoms with Crippen molar-refractivity contribution in [2.45, 2.75) is 0 Å². The van der Waals surface area contributed by atoms with E-state index in [-0.39, 0.29) is 16.6 Å². The smallest absolute Gasteiger partial charge is 0.358 e. The van der Waals surface area contributed by atoms with Crippen LogP contribution in [0.5, 0.6) is 11.6 Å². The Morgan fingerprint density at radius 1 is 1.40 bits per heavy atom. The maximum atomic E-state index is 11.3. The molecule has 0 radical (unpaired) electrons. The molecule has 3 rings (SSSR count). The Morgan fingerprint density at radius 3 is 2.90 bits per heavy atom. The molecule has 0 aliphatic carbocycles. The lowest BCUT2D eigenvalue weighted by Gasteiger charge is -2.05. The molecule has 0 unspecified atom stereocenters. The first-order valence-corrected chi connectivity index (χ1v) is 7.01. The Balaban J connectivity index is 2.08. The van der Waals surface area contributed by atoms with Crippen LogP contribution < -0.4 is 4.74 Å². The van der Waals surface area contributed by atoms with E-state index in [9.17, 15) is 9.90 Å². The maximum absolute atomic E-state index is 11.3. The van der Waals surface area contributed by atoms with Gasteiger partial charge in [0.05, 0.1) is 5.02 Å². The number of carboxylic acids is 1. The van der Waals surface area contributed by atoms with Crippen LogP contribution in [-0.4, -0.2) is 20.5 Å². The Bertz CT molecular complexity index is 812. The molecular formula is C12H6Cl2N2O3S. The van der Waals surface area contributed by atoms with Gasteiger partial charge in [-0.25, -0.2) is 4.79 Å². The van der Waals surface area contributed by atoms with Gasteiger partial charge in [0.2, 0.25) is 0 Å². The number of thiazole rings is 1. The van der Waals surface area contributed by atoms with Gasteiger partial charge in [0.25, 0.3) is 5.88 Å². The normalized spacial score (nSPS) is 10.9. The lowest BCUT2D eigenvalue weighted by Crippen LogP contribution is -2.02. The van der Waals surface area contributed by atoms with Crippen LogP contribution in [0.1, 0.15) is 10.5 Å². The first-order chi connectivity index (χ1) is 9.56. The molecule has 1 N–H and O–H groups in total. The quantitative estimate of drug-likeness (QED) is 0.782. The standard InChI is InChI=1S/C12H6Cl2N2O3S/c13-6-1-2-8(7(14)5-6)19-10-9(11(17)18)16-3-4-20-12(16)15-10/h1-5H,(H,17,18). The summed E-state index contributed by atoms with van der Waals surface area (Å²) in [6.45, 7) is 0. The van der Waals surface area contributed by atoms with Crippen LogP contribution in [0.2, 0.25) is 10.0 Å². The van der Waals surface area contributed by atoms with Crippen molar-refractivity contribution in [1.29, 1.82) is 0 Å².